The standard InChI is InChI=1S/C18H23Cl2N3OS/c1-11(2)9-23-13(4)12(3)22-18(23)25-10-17(24)21-8-14-5-6-15(19)7-16(14)20/h5-7,11H,8-10H2,1-4H3,(H,21,24). The predicted octanol–water partition coefficient (Wildman–Crippen LogP) is 4.87. The fourth-order valence-corrected chi connectivity index (χ4v) is 3.76. The average Bonchev–Trinajstić information content (AvgIpc) is 2.79. The van der Waals surface area contributed by atoms with E-state index in [1.165, 1.54) is 11.8 Å². The van der Waals surface area contributed by atoms with Crippen molar-refractivity contribution >= 4 is 40.9 Å². The zero-order valence-electron chi connectivity index (χ0n) is 14.9. The summed E-state index contributed by atoms with van der Waals surface area (Å²) in [5.74, 6) is 0.789. The zero-order chi connectivity index (χ0) is 18.6. The number of halogens is 2. The quantitative estimate of drug-likeness (QED) is 0.675. The molecule has 1 N–H and O–H groups in total. The van der Waals surface area contributed by atoms with Crippen LogP contribution in [-0.2, 0) is 17.9 Å². The van der Waals surface area contributed by atoms with Crippen LogP contribution in [0, 0.1) is 19.8 Å². The van der Waals surface area contributed by atoms with E-state index >= 15 is 0 Å². The minimum Gasteiger partial charge on any atom is -0.351 e. The topological polar surface area (TPSA) is 46.9 Å². The van der Waals surface area contributed by atoms with Crippen molar-refractivity contribution in [2.24, 2.45) is 5.92 Å². The van der Waals surface area contributed by atoms with E-state index in [0.29, 0.717) is 28.3 Å². The molecule has 0 aliphatic heterocycles. The normalized spacial score (nSPS) is 11.2. The predicted molar refractivity (Wildman–Crippen MR) is 106 cm³/mol. The SMILES string of the molecule is Cc1nc(SCC(=O)NCc2ccc(Cl)cc2Cl)n(CC(C)C)c1C. The van der Waals surface area contributed by atoms with Gasteiger partial charge < -0.3 is 9.88 Å². The fourth-order valence-electron chi connectivity index (χ4n) is 2.35. The summed E-state index contributed by atoms with van der Waals surface area (Å²) in [5.41, 5.74) is 3.01. The minimum absolute atomic E-state index is 0.0505. The molecule has 2 rings (SSSR count). The molecule has 0 fully saturated rings. The van der Waals surface area contributed by atoms with Crippen LogP contribution < -0.4 is 5.32 Å². The lowest BCUT2D eigenvalue weighted by Crippen LogP contribution is -2.25. The molecule has 0 bridgehead atoms. The van der Waals surface area contributed by atoms with E-state index in [-0.39, 0.29) is 5.91 Å². The maximum absolute atomic E-state index is 12.2. The number of hydrogen-bond acceptors (Lipinski definition) is 3. The van der Waals surface area contributed by atoms with Crippen molar-refractivity contribution in [1.82, 2.24) is 14.9 Å². The van der Waals surface area contributed by atoms with Crippen LogP contribution >= 0.6 is 35.0 Å². The Hall–Kier alpha value is -1.17. The van der Waals surface area contributed by atoms with Gasteiger partial charge in [0.05, 0.1) is 11.4 Å². The number of benzene rings is 1. The number of nitrogens with one attached hydrogen (secondary N) is 1. The Morgan fingerprint density at radius 2 is 2.04 bits per heavy atom. The molecule has 0 atom stereocenters. The van der Waals surface area contributed by atoms with Crippen molar-refractivity contribution in [3.05, 3.63) is 45.2 Å². The van der Waals surface area contributed by atoms with Gasteiger partial charge in [0.2, 0.25) is 5.91 Å². The van der Waals surface area contributed by atoms with Gasteiger partial charge in [-0.25, -0.2) is 4.98 Å². The van der Waals surface area contributed by atoms with Crippen molar-refractivity contribution in [1.29, 1.82) is 0 Å². The van der Waals surface area contributed by atoms with Crippen molar-refractivity contribution < 1.29 is 4.79 Å². The molecule has 7 heteroatoms. The smallest absolute Gasteiger partial charge is 0.230 e. The highest BCUT2D eigenvalue weighted by Gasteiger charge is 2.14. The molecular weight excluding hydrogens is 377 g/mol. The molecule has 2 aromatic rings. The highest BCUT2D eigenvalue weighted by atomic mass is 35.5. The van der Waals surface area contributed by atoms with Gasteiger partial charge in [0, 0.05) is 28.8 Å². The fraction of sp³-hybridized carbons (Fsp3) is 0.444. The number of hydrogen-bond donors (Lipinski definition) is 1. The van der Waals surface area contributed by atoms with E-state index in [4.69, 9.17) is 23.2 Å². The van der Waals surface area contributed by atoms with Crippen LogP contribution in [0.1, 0.15) is 30.8 Å². The number of amides is 1. The first-order valence-corrected chi connectivity index (χ1v) is 9.89. The van der Waals surface area contributed by atoms with E-state index in [1.54, 1.807) is 12.1 Å². The van der Waals surface area contributed by atoms with Crippen LogP contribution in [0.5, 0.6) is 0 Å². The van der Waals surface area contributed by atoms with Gasteiger partial charge in [-0.15, -0.1) is 0 Å². The number of imidazole rings is 1. The zero-order valence-corrected chi connectivity index (χ0v) is 17.2. The van der Waals surface area contributed by atoms with E-state index in [2.05, 4.69) is 35.6 Å². The maximum atomic E-state index is 12.2. The molecule has 1 amide bonds. The van der Waals surface area contributed by atoms with Gasteiger partial charge in [-0.3, -0.25) is 4.79 Å². The van der Waals surface area contributed by atoms with Crippen molar-refractivity contribution in [2.75, 3.05) is 5.75 Å². The molecule has 1 aromatic heterocycles. The number of nitrogens with zero attached hydrogens (tertiary/aromatic N) is 2. The third kappa shape index (κ3) is 5.66. The summed E-state index contributed by atoms with van der Waals surface area (Å²) in [6.45, 7) is 9.69. The first-order valence-electron chi connectivity index (χ1n) is 8.15. The maximum Gasteiger partial charge on any atom is 0.230 e. The highest BCUT2D eigenvalue weighted by Crippen LogP contribution is 2.23. The highest BCUT2D eigenvalue weighted by molar-refractivity contribution is 7.99. The van der Waals surface area contributed by atoms with Crippen LogP contribution in [0.15, 0.2) is 23.4 Å². The summed E-state index contributed by atoms with van der Waals surface area (Å²) in [6, 6.07) is 5.26. The van der Waals surface area contributed by atoms with Gasteiger partial charge in [0.1, 0.15) is 0 Å². The van der Waals surface area contributed by atoms with Gasteiger partial charge in [-0.2, -0.15) is 0 Å². The molecule has 4 nitrogen and oxygen atoms in total. The summed E-state index contributed by atoms with van der Waals surface area (Å²) < 4.78 is 2.19. The summed E-state index contributed by atoms with van der Waals surface area (Å²) in [6.07, 6.45) is 0. The van der Waals surface area contributed by atoms with Gasteiger partial charge in [0.15, 0.2) is 5.16 Å². The third-order valence-electron chi connectivity index (χ3n) is 3.79. The first kappa shape index (κ1) is 20.1. The summed E-state index contributed by atoms with van der Waals surface area (Å²) in [4.78, 5) is 16.7. The van der Waals surface area contributed by atoms with Gasteiger partial charge in [0.25, 0.3) is 0 Å². The summed E-state index contributed by atoms with van der Waals surface area (Å²) in [7, 11) is 0. The number of carbonyl (C=O) groups is 1. The van der Waals surface area contributed by atoms with Gasteiger partial charge in [-0.05, 0) is 37.5 Å². The van der Waals surface area contributed by atoms with Gasteiger partial charge in [-0.1, -0.05) is 54.9 Å². The Balaban J connectivity index is 1.93. The average molecular weight is 400 g/mol. The lowest BCUT2D eigenvalue weighted by atomic mass is 10.2. The Morgan fingerprint density at radius 3 is 2.68 bits per heavy atom. The molecule has 0 radical (unpaired) electrons. The number of rotatable bonds is 7. The molecule has 25 heavy (non-hydrogen) atoms. The Kier molecular flexibility index (Phi) is 7.23. The molecule has 0 aliphatic rings. The van der Waals surface area contributed by atoms with Crippen molar-refractivity contribution in [3.63, 3.8) is 0 Å². The molecule has 0 aliphatic carbocycles. The molecule has 0 spiro atoms. The lowest BCUT2D eigenvalue weighted by molar-refractivity contribution is -0.118. The third-order valence-corrected chi connectivity index (χ3v) is 5.36. The molecule has 0 unspecified atom stereocenters. The second-order valence-corrected chi connectivity index (χ2v) is 8.16. The van der Waals surface area contributed by atoms with Gasteiger partial charge >= 0.3 is 0 Å². The Labute approximate surface area is 163 Å². The molecule has 1 aromatic carbocycles. The summed E-state index contributed by atoms with van der Waals surface area (Å²) in [5, 5.41) is 4.92. The molecule has 0 saturated heterocycles. The van der Waals surface area contributed by atoms with Crippen LogP contribution in [0.2, 0.25) is 10.0 Å². The van der Waals surface area contributed by atoms with Crippen molar-refractivity contribution in [2.45, 2.75) is 45.9 Å². The van der Waals surface area contributed by atoms with Crippen LogP contribution in [-0.4, -0.2) is 21.2 Å². The molecule has 1 heterocycles. The molecule has 136 valence electrons. The monoisotopic (exact) mass is 399 g/mol. The minimum atomic E-state index is -0.0505. The molecule has 0 saturated carbocycles. The number of thioether (sulfide) groups is 1. The lowest BCUT2D eigenvalue weighted by Gasteiger charge is -2.12. The van der Waals surface area contributed by atoms with Crippen LogP contribution in [0.4, 0.5) is 0 Å². The second-order valence-electron chi connectivity index (χ2n) is 6.37. The van der Waals surface area contributed by atoms with Crippen LogP contribution in [0.25, 0.3) is 0 Å². The van der Waals surface area contributed by atoms with E-state index in [0.717, 1.165) is 28.7 Å². The Bertz CT molecular complexity index is 759. The number of aromatic nitrogens is 2. The second kappa shape index (κ2) is 8.97. The largest absolute Gasteiger partial charge is 0.351 e. The van der Waals surface area contributed by atoms with E-state index < -0.39 is 0 Å². The van der Waals surface area contributed by atoms with E-state index in [1.807, 2.05) is 13.0 Å². The number of aryl methyl sites for hydroxylation is 1. The first-order chi connectivity index (χ1) is 11.8. The van der Waals surface area contributed by atoms with Crippen LogP contribution in [0.3, 0.4) is 0 Å². The number of carbonyl (C=O) groups excluding carboxylic acids is 1. The summed E-state index contributed by atoms with van der Waals surface area (Å²) >= 11 is 13.5. The van der Waals surface area contributed by atoms with Crippen molar-refractivity contribution in [3.8, 4) is 0 Å². The molecular formula is C18H23Cl2N3OS. The van der Waals surface area contributed by atoms with E-state index in [9.17, 15) is 4.79 Å². The Morgan fingerprint density at radius 1 is 1.32 bits per heavy atom.